The minimum absolute atomic E-state index is 0.0269. The lowest BCUT2D eigenvalue weighted by Crippen LogP contribution is -2.41. The van der Waals surface area contributed by atoms with Crippen LogP contribution in [0.2, 0.25) is 0 Å². The molecule has 0 bridgehead atoms. The number of nitrogens with one attached hydrogen (secondary N) is 2. The number of hydrogen-bond acceptors (Lipinski definition) is 3. The Morgan fingerprint density at radius 2 is 2.25 bits per heavy atom. The van der Waals surface area contributed by atoms with Gasteiger partial charge in [-0.15, -0.1) is 0 Å². The van der Waals surface area contributed by atoms with Crippen LogP contribution >= 0.6 is 0 Å². The van der Waals surface area contributed by atoms with E-state index in [0.29, 0.717) is 23.5 Å². The predicted octanol–water partition coefficient (Wildman–Crippen LogP) is 2.28. The van der Waals surface area contributed by atoms with E-state index in [-0.39, 0.29) is 31.0 Å². The van der Waals surface area contributed by atoms with Crippen molar-refractivity contribution in [1.29, 1.82) is 0 Å². The van der Waals surface area contributed by atoms with Crippen molar-refractivity contribution in [2.75, 3.05) is 6.61 Å². The number of carbonyl (C=O) groups excluding carboxylic acids is 1. The van der Waals surface area contributed by atoms with Gasteiger partial charge in [0.1, 0.15) is 11.6 Å². The van der Waals surface area contributed by atoms with Gasteiger partial charge in [-0.25, -0.2) is 14.2 Å². The minimum atomic E-state index is -0.373. The first-order chi connectivity index (χ1) is 11.5. The Morgan fingerprint density at radius 3 is 2.83 bits per heavy atom. The van der Waals surface area contributed by atoms with Gasteiger partial charge in [0.25, 0.3) is 0 Å². The highest BCUT2D eigenvalue weighted by Gasteiger charge is 2.11. The topological polar surface area (TPSA) is 79.2 Å². The van der Waals surface area contributed by atoms with Gasteiger partial charge in [0.05, 0.1) is 5.69 Å². The summed E-state index contributed by atoms with van der Waals surface area (Å²) in [6, 6.07) is 4.44. The third-order valence-corrected chi connectivity index (χ3v) is 3.86. The Bertz CT molecular complexity index is 687. The molecule has 2 aromatic rings. The lowest BCUT2D eigenvalue weighted by molar-refractivity contribution is 0.227. The summed E-state index contributed by atoms with van der Waals surface area (Å²) in [6.07, 6.45) is 4.56. The lowest BCUT2D eigenvalue weighted by Gasteiger charge is -2.16. The monoisotopic (exact) mass is 334 g/mol. The van der Waals surface area contributed by atoms with E-state index in [1.807, 2.05) is 6.92 Å². The standard InChI is InChI=1S/C17H23FN4O2/c1-3-14(6-9-23)21-17(24)20-11-13-4-5-16(15(18)10-13)22-8-7-19-12(22)2/h4-5,7-8,10,14,23H,3,6,9,11H2,1-2H3,(H2,20,21,24). The molecule has 0 saturated heterocycles. The zero-order chi connectivity index (χ0) is 17.5. The van der Waals surface area contributed by atoms with Gasteiger partial charge in [0, 0.05) is 31.6 Å². The van der Waals surface area contributed by atoms with Crippen molar-refractivity contribution in [3.63, 3.8) is 0 Å². The number of aliphatic hydroxyl groups is 1. The van der Waals surface area contributed by atoms with E-state index in [2.05, 4.69) is 15.6 Å². The van der Waals surface area contributed by atoms with E-state index in [1.54, 1.807) is 36.0 Å². The number of benzene rings is 1. The second kappa shape index (κ2) is 8.44. The first kappa shape index (κ1) is 17.9. The molecule has 3 N–H and O–H groups in total. The van der Waals surface area contributed by atoms with Gasteiger partial charge in [0.15, 0.2) is 0 Å². The van der Waals surface area contributed by atoms with Gasteiger partial charge < -0.3 is 20.3 Å². The number of hydrogen-bond donors (Lipinski definition) is 3. The molecule has 1 aromatic carbocycles. The summed E-state index contributed by atoms with van der Waals surface area (Å²) >= 11 is 0. The van der Waals surface area contributed by atoms with E-state index in [1.165, 1.54) is 6.07 Å². The van der Waals surface area contributed by atoms with Crippen LogP contribution in [0.3, 0.4) is 0 Å². The molecule has 6 nitrogen and oxygen atoms in total. The van der Waals surface area contributed by atoms with Crippen LogP contribution in [-0.4, -0.2) is 33.3 Å². The summed E-state index contributed by atoms with van der Waals surface area (Å²) < 4.78 is 15.9. The number of amides is 2. The molecule has 2 amide bonds. The van der Waals surface area contributed by atoms with Gasteiger partial charge >= 0.3 is 6.03 Å². The second-order valence-corrected chi connectivity index (χ2v) is 5.57. The van der Waals surface area contributed by atoms with Crippen LogP contribution in [0.25, 0.3) is 5.69 Å². The maximum atomic E-state index is 14.3. The average molecular weight is 334 g/mol. The van der Waals surface area contributed by atoms with Crippen LogP contribution in [0.5, 0.6) is 0 Å². The second-order valence-electron chi connectivity index (χ2n) is 5.57. The summed E-state index contributed by atoms with van der Waals surface area (Å²) in [4.78, 5) is 15.9. The van der Waals surface area contributed by atoms with Crippen molar-refractivity contribution >= 4 is 6.03 Å². The molecule has 0 aliphatic heterocycles. The van der Waals surface area contributed by atoms with Crippen LogP contribution in [-0.2, 0) is 6.54 Å². The molecule has 2 rings (SSSR count). The van der Waals surface area contributed by atoms with E-state index < -0.39 is 0 Å². The Kier molecular flexibility index (Phi) is 6.31. The third kappa shape index (κ3) is 4.55. The minimum Gasteiger partial charge on any atom is -0.396 e. The molecule has 1 aromatic heterocycles. The van der Waals surface area contributed by atoms with Crippen LogP contribution in [0, 0.1) is 12.7 Å². The molecule has 0 aliphatic carbocycles. The van der Waals surface area contributed by atoms with E-state index in [9.17, 15) is 9.18 Å². The maximum Gasteiger partial charge on any atom is 0.315 e. The molecule has 0 saturated carbocycles. The molecule has 0 spiro atoms. The highest BCUT2D eigenvalue weighted by atomic mass is 19.1. The van der Waals surface area contributed by atoms with Crippen molar-refractivity contribution in [3.05, 3.63) is 47.8 Å². The number of halogens is 1. The highest BCUT2D eigenvalue weighted by Crippen LogP contribution is 2.16. The number of urea groups is 1. The fourth-order valence-corrected chi connectivity index (χ4v) is 2.44. The van der Waals surface area contributed by atoms with Crippen molar-refractivity contribution < 1.29 is 14.3 Å². The van der Waals surface area contributed by atoms with Crippen LogP contribution in [0.4, 0.5) is 9.18 Å². The molecular formula is C17H23FN4O2. The zero-order valence-corrected chi connectivity index (χ0v) is 13.9. The molecule has 1 heterocycles. The Morgan fingerprint density at radius 1 is 1.46 bits per heavy atom. The molecule has 130 valence electrons. The highest BCUT2D eigenvalue weighted by molar-refractivity contribution is 5.74. The van der Waals surface area contributed by atoms with Crippen LogP contribution in [0.15, 0.2) is 30.6 Å². The van der Waals surface area contributed by atoms with Gasteiger partial charge in [0.2, 0.25) is 0 Å². The number of imidazole rings is 1. The lowest BCUT2D eigenvalue weighted by atomic mass is 10.1. The SMILES string of the molecule is CCC(CCO)NC(=O)NCc1ccc(-n2ccnc2C)c(F)c1. The molecular weight excluding hydrogens is 311 g/mol. The summed E-state index contributed by atoms with van der Waals surface area (Å²) in [5.74, 6) is 0.330. The van der Waals surface area contributed by atoms with Crippen molar-refractivity contribution in [2.24, 2.45) is 0 Å². The zero-order valence-electron chi connectivity index (χ0n) is 13.9. The summed E-state index contributed by atoms with van der Waals surface area (Å²) in [5, 5.41) is 14.4. The fourth-order valence-electron chi connectivity index (χ4n) is 2.44. The van der Waals surface area contributed by atoms with Gasteiger partial charge in [-0.3, -0.25) is 0 Å². The molecule has 0 radical (unpaired) electrons. The largest absolute Gasteiger partial charge is 0.396 e. The Hall–Kier alpha value is -2.41. The van der Waals surface area contributed by atoms with Gasteiger partial charge in [-0.2, -0.15) is 0 Å². The van der Waals surface area contributed by atoms with Crippen molar-refractivity contribution in [3.8, 4) is 5.69 Å². The van der Waals surface area contributed by atoms with Crippen molar-refractivity contribution in [2.45, 2.75) is 39.3 Å². The predicted molar refractivity (Wildman–Crippen MR) is 89.4 cm³/mol. The quantitative estimate of drug-likeness (QED) is 0.727. The van der Waals surface area contributed by atoms with Gasteiger partial charge in [-0.05, 0) is 37.5 Å². The van der Waals surface area contributed by atoms with E-state index in [0.717, 1.165) is 6.42 Å². The average Bonchev–Trinajstić information content (AvgIpc) is 2.98. The first-order valence-corrected chi connectivity index (χ1v) is 7.99. The Balaban J connectivity index is 1.95. The summed E-state index contributed by atoms with van der Waals surface area (Å²) in [6.45, 7) is 3.99. The molecule has 1 atom stereocenters. The molecule has 7 heteroatoms. The van der Waals surface area contributed by atoms with Crippen LogP contribution < -0.4 is 10.6 Å². The number of aromatic nitrogens is 2. The first-order valence-electron chi connectivity index (χ1n) is 7.99. The van der Waals surface area contributed by atoms with E-state index >= 15 is 0 Å². The van der Waals surface area contributed by atoms with E-state index in [4.69, 9.17) is 5.11 Å². The number of nitrogens with zero attached hydrogens (tertiary/aromatic N) is 2. The molecule has 24 heavy (non-hydrogen) atoms. The molecule has 1 unspecified atom stereocenters. The van der Waals surface area contributed by atoms with Crippen molar-refractivity contribution in [1.82, 2.24) is 20.2 Å². The number of aryl methyl sites for hydroxylation is 1. The summed E-state index contributed by atoms with van der Waals surface area (Å²) in [7, 11) is 0. The summed E-state index contributed by atoms with van der Waals surface area (Å²) in [5.41, 5.74) is 1.09. The normalized spacial score (nSPS) is 12.0. The smallest absolute Gasteiger partial charge is 0.315 e. The number of rotatable bonds is 7. The maximum absolute atomic E-state index is 14.3. The third-order valence-electron chi connectivity index (χ3n) is 3.86. The number of carbonyl (C=O) groups is 1. The molecule has 0 fully saturated rings. The molecule has 0 aliphatic rings. The van der Waals surface area contributed by atoms with Gasteiger partial charge in [-0.1, -0.05) is 13.0 Å². The van der Waals surface area contributed by atoms with Crippen LogP contribution in [0.1, 0.15) is 31.2 Å². The number of aliphatic hydroxyl groups excluding tert-OH is 1. The fraction of sp³-hybridized carbons (Fsp3) is 0.412. The Labute approximate surface area is 140 Å².